The van der Waals surface area contributed by atoms with Crippen molar-refractivity contribution in [2.24, 2.45) is 11.8 Å². The van der Waals surface area contributed by atoms with Crippen molar-refractivity contribution in [2.75, 3.05) is 6.61 Å². The van der Waals surface area contributed by atoms with E-state index in [0.717, 1.165) is 54.0 Å². The molecule has 0 radical (unpaired) electrons. The van der Waals surface area contributed by atoms with Gasteiger partial charge in [0.15, 0.2) is 0 Å². The lowest BCUT2D eigenvalue weighted by Gasteiger charge is -2.29. The lowest BCUT2D eigenvalue weighted by atomic mass is 9.95. The van der Waals surface area contributed by atoms with Crippen LogP contribution in [0.15, 0.2) is 72.8 Å². The Kier molecular flexibility index (Phi) is 19.7. The lowest BCUT2D eigenvalue weighted by Crippen LogP contribution is -2.57. The van der Waals surface area contributed by atoms with Crippen molar-refractivity contribution in [2.45, 2.75) is 136 Å². The van der Waals surface area contributed by atoms with Gasteiger partial charge in [-0.3, -0.25) is 14.4 Å². The van der Waals surface area contributed by atoms with E-state index in [1.165, 1.54) is 0 Å². The predicted molar refractivity (Wildman–Crippen MR) is 217 cm³/mol. The number of ether oxygens (including phenoxy) is 1. The number of fused-ring (bicyclic) bond motifs is 1. The van der Waals surface area contributed by atoms with E-state index in [0.29, 0.717) is 19.3 Å². The quantitative estimate of drug-likeness (QED) is 0.0581. The highest BCUT2D eigenvalue weighted by atomic mass is 16.5. The van der Waals surface area contributed by atoms with Gasteiger partial charge in [-0.2, -0.15) is 0 Å². The molecule has 0 aromatic heterocycles. The van der Waals surface area contributed by atoms with Gasteiger partial charge in [0.05, 0.1) is 31.2 Å². The fourth-order valence-corrected chi connectivity index (χ4v) is 6.65. The third kappa shape index (κ3) is 15.7. The summed E-state index contributed by atoms with van der Waals surface area (Å²) in [5, 5.41) is 34.5. The average Bonchev–Trinajstić information content (AvgIpc) is 3.17. The van der Waals surface area contributed by atoms with Crippen LogP contribution >= 0.6 is 0 Å². The molecule has 0 aliphatic rings. The standard InChI is InChI=1S/C44H64N4O7/c1-6-8-9-10-14-24-36(42(52)47-37(25-30(3)4)40(50)27-41(51)45-39(28-49)31(5)7-2)46-43(53)38(48-44(54)55-29-32-18-12-11-13-19-32)26-34-22-17-21-33-20-15-16-23-35(33)34/h11-13,15-23,30-31,36-40,49-50H,6-10,14,24-29H2,1-5H3,(H,45,51)(H,46,53)(H,47,52)(H,48,54)/t31?,36-,37?,38-,39+,40?/m0/s1. The van der Waals surface area contributed by atoms with Crippen LogP contribution < -0.4 is 21.3 Å². The molecule has 0 aliphatic heterocycles. The molecule has 11 nitrogen and oxygen atoms in total. The molecular weight excluding hydrogens is 697 g/mol. The molecule has 4 amide bonds. The Bertz CT molecular complexity index is 1610. The molecule has 0 fully saturated rings. The average molecular weight is 761 g/mol. The van der Waals surface area contributed by atoms with Gasteiger partial charge in [0, 0.05) is 6.42 Å². The second-order valence-electron chi connectivity index (χ2n) is 15.1. The fourth-order valence-electron chi connectivity index (χ4n) is 6.65. The van der Waals surface area contributed by atoms with Crippen molar-refractivity contribution in [1.82, 2.24) is 21.3 Å². The van der Waals surface area contributed by atoms with Crippen LogP contribution in [0.25, 0.3) is 10.8 Å². The van der Waals surface area contributed by atoms with E-state index in [1.54, 1.807) is 0 Å². The Morgan fingerprint density at radius 3 is 2.09 bits per heavy atom. The molecule has 3 unspecified atom stereocenters. The number of hydrogen-bond acceptors (Lipinski definition) is 7. The minimum atomic E-state index is -1.20. The molecule has 0 spiro atoms. The molecule has 3 rings (SSSR count). The van der Waals surface area contributed by atoms with Gasteiger partial charge in [-0.1, -0.05) is 146 Å². The van der Waals surface area contributed by atoms with Crippen molar-refractivity contribution in [3.8, 4) is 0 Å². The maximum absolute atomic E-state index is 14.2. The summed E-state index contributed by atoms with van der Waals surface area (Å²) in [5.74, 6) is -1.32. The van der Waals surface area contributed by atoms with E-state index in [2.05, 4.69) is 28.2 Å². The van der Waals surface area contributed by atoms with Crippen LogP contribution in [0.3, 0.4) is 0 Å². The summed E-state index contributed by atoms with van der Waals surface area (Å²) in [6, 6.07) is 19.6. The third-order valence-corrected chi connectivity index (χ3v) is 10.1. The van der Waals surface area contributed by atoms with Crippen molar-refractivity contribution in [3.63, 3.8) is 0 Å². The van der Waals surface area contributed by atoms with Crippen LogP contribution in [0, 0.1) is 11.8 Å². The Labute approximate surface area is 327 Å². The van der Waals surface area contributed by atoms with Crippen molar-refractivity contribution in [3.05, 3.63) is 83.9 Å². The minimum absolute atomic E-state index is 0.0218. The Balaban J connectivity index is 1.84. The number of rotatable bonds is 24. The van der Waals surface area contributed by atoms with Gasteiger partial charge in [-0.25, -0.2) is 4.79 Å². The van der Waals surface area contributed by atoms with Gasteiger partial charge in [0.25, 0.3) is 0 Å². The van der Waals surface area contributed by atoms with E-state index in [9.17, 15) is 29.4 Å². The zero-order chi connectivity index (χ0) is 40.2. The summed E-state index contributed by atoms with van der Waals surface area (Å²) in [6.07, 6.45) is 4.08. The predicted octanol–water partition coefficient (Wildman–Crippen LogP) is 6.33. The second kappa shape index (κ2) is 24.1. The first-order chi connectivity index (χ1) is 26.4. The van der Waals surface area contributed by atoms with Gasteiger partial charge >= 0.3 is 6.09 Å². The van der Waals surface area contributed by atoms with E-state index in [1.807, 2.05) is 100 Å². The molecular formula is C44H64N4O7. The zero-order valence-electron chi connectivity index (χ0n) is 33.4. The molecule has 0 saturated carbocycles. The van der Waals surface area contributed by atoms with Crippen LogP contribution in [0.4, 0.5) is 4.79 Å². The van der Waals surface area contributed by atoms with Crippen LogP contribution in [-0.4, -0.2) is 70.9 Å². The van der Waals surface area contributed by atoms with E-state index in [-0.39, 0.29) is 37.9 Å². The molecule has 55 heavy (non-hydrogen) atoms. The van der Waals surface area contributed by atoms with E-state index < -0.39 is 54.1 Å². The normalized spacial score (nSPS) is 14.6. The van der Waals surface area contributed by atoms with Crippen LogP contribution in [0.2, 0.25) is 0 Å². The molecule has 0 aliphatic carbocycles. The van der Waals surface area contributed by atoms with Crippen LogP contribution in [0.5, 0.6) is 0 Å². The first-order valence-electron chi connectivity index (χ1n) is 20.1. The zero-order valence-corrected chi connectivity index (χ0v) is 33.4. The summed E-state index contributed by atoms with van der Waals surface area (Å²) in [4.78, 5) is 54.4. The third-order valence-electron chi connectivity index (χ3n) is 10.1. The maximum atomic E-state index is 14.2. The first-order valence-corrected chi connectivity index (χ1v) is 20.1. The Morgan fingerprint density at radius 1 is 0.727 bits per heavy atom. The highest BCUT2D eigenvalue weighted by molar-refractivity contribution is 5.92. The van der Waals surface area contributed by atoms with Crippen LogP contribution in [-0.2, 0) is 32.1 Å². The lowest BCUT2D eigenvalue weighted by molar-refractivity contribution is -0.131. The number of aliphatic hydroxyl groups excluding tert-OH is 2. The number of nitrogens with one attached hydrogen (secondary N) is 4. The van der Waals surface area contributed by atoms with Crippen molar-refractivity contribution in [1.29, 1.82) is 0 Å². The van der Waals surface area contributed by atoms with E-state index >= 15 is 0 Å². The van der Waals surface area contributed by atoms with Crippen LogP contribution in [0.1, 0.15) is 104 Å². The maximum Gasteiger partial charge on any atom is 0.408 e. The first kappa shape index (κ1) is 44.9. The SMILES string of the molecule is CCCCCCC[C@H](NC(=O)[C@H](Cc1cccc2ccccc12)NC(=O)OCc1ccccc1)C(=O)NC(CC(C)C)C(O)CC(=O)N[C@H](CO)C(C)CC. The summed E-state index contributed by atoms with van der Waals surface area (Å²) in [7, 11) is 0. The molecule has 302 valence electrons. The molecule has 6 N–H and O–H groups in total. The summed E-state index contributed by atoms with van der Waals surface area (Å²) < 4.78 is 5.50. The molecule has 0 heterocycles. The summed E-state index contributed by atoms with van der Waals surface area (Å²) in [5.41, 5.74) is 1.64. The smallest absolute Gasteiger partial charge is 0.408 e. The monoisotopic (exact) mass is 760 g/mol. The number of alkyl carbamates (subject to hydrolysis) is 1. The number of carbonyl (C=O) groups excluding carboxylic acids is 4. The molecule has 0 bridgehead atoms. The number of benzene rings is 3. The second-order valence-corrected chi connectivity index (χ2v) is 15.1. The number of aliphatic hydroxyl groups is 2. The van der Waals surface area contributed by atoms with Gasteiger partial charge in [-0.05, 0) is 46.6 Å². The largest absolute Gasteiger partial charge is 0.445 e. The number of unbranched alkanes of at least 4 members (excludes halogenated alkanes) is 4. The molecule has 3 aromatic rings. The van der Waals surface area contributed by atoms with Crippen molar-refractivity contribution >= 4 is 34.6 Å². The minimum Gasteiger partial charge on any atom is -0.445 e. The molecule has 0 saturated heterocycles. The van der Waals surface area contributed by atoms with Gasteiger partial charge in [0.2, 0.25) is 17.7 Å². The molecule has 11 heteroatoms. The van der Waals surface area contributed by atoms with E-state index in [4.69, 9.17) is 4.74 Å². The highest BCUT2D eigenvalue weighted by Gasteiger charge is 2.32. The van der Waals surface area contributed by atoms with Gasteiger partial charge in [0.1, 0.15) is 18.7 Å². The Hall–Kier alpha value is -4.48. The highest BCUT2D eigenvalue weighted by Crippen LogP contribution is 2.21. The summed E-state index contributed by atoms with van der Waals surface area (Å²) >= 11 is 0. The molecule has 6 atom stereocenters. The fraction of sp³-hybridized carbons (Fsp3) is 0.545. The van der Waals surface area contributed by atoms with Gasteiger partial charge in [-0.15, -0.1) is 0 Å². The number of carbonyl (C=O) groups is 4. The number of hydrogen-bond donors (Lipinski definition) is 6. The van der Waals surface area contributed by atoms with Crippen molar-refractivity contribution < 1.29 is 34.1 Å². The molecule has 3 aromatic carbocycles. The topological polar surface area (TPSA) is 166 Å². The summed E-state index contributed by atoms with van der Waals surface area (Å²) in [6.45, 7) is 9.76. The number of amides is 4. The Morgan fingerprint density at radius 2 is 1.40 bits per heavy atom. The van der Waals surface area contributed by atoms with Gasteiger partial charge < -0.3 is 36.2 Å².